The van der Waals surface area contributed by atoms with Gasteiger partial charge < -0.3 is 15.4 Å². The van der Waals surface area contributed by atoms with Crippen LogP contribution in [-0.2, 0) is 9.53 Å². The van der Waals surface area contributed by atoms with Crippen molar-refractivity contribution in [1.29, 1.82) is 0 Å². The Labute approximate surface area is 106 Å². The lowest BCUT2D eigenvalue weighted by Gasteiger charge is -2.35. The molecule has 6 heteroatoms. The molecule has 0 radical (unpaired) electrons. The van der Waals surface area contributed by atoms with Crippen molar-refractivity contribution < 1.29 is 9.53 Å². The molecular weight excluding hydrogens is 232 g/mol. The van der Waals surface area contributed by atoms with Crippen LogP contribution in [0.15, 0.2) is 18.3 Å². The Bertz CT molecular complexity index is 416. The zero-order valence-electron chi connectivity index (χ0n) is 10.5. The number of methoxy groups -OCH3 is 1. The van der Waals surface area contributed by atoms with E-state index in [-0.39, 0.29) is 5.97 Å². The van der Waals surface area contributed by atoms with Crippen molar-refractivity contribution in [3.63, 3.8) is 0 Å². The first-order chi connectivity index (χ1) is 8.70. The fourth-order valence-electron chi connectivity index (χ4n) is 2.04. The molecule has 1 aliphatic rings. The number of nitrogens with two attached hydrogens (primary N) is 1. The highest BCUT2D eigenvalue weighted by atomic mass is 16.5. The van der Waals surface area contributed by atoms with Crippen LogP contribution in [0.25, 0.3) is 0 Å². The van der Waals surface area contributed by atoms with Crippen molar-refractivity contribution in [1.82, 2.24) is 9.88 Å². The van der Waals surface area contributed by atoms with E-state index in [9.17, 15) is 4.79 Å². The summed E-state index contributed by atoms with van der Waals surface area (Å²) in [5, 5.41) is 0. The molecule has 18 heavy (non-hydrogen) atoms. The first-order valence-corrected chi connectivity index (χ1v) is 5.95. The summed E-state index contributed by atoms with van der Waals surface area (Å²) in [6.07, 6.45) is 1.74. The van der Waals surface area contributed by atoms with E-state index in [1.54, 1.807) is 6.20 Å². The largest absolute Gasteiger partial charge is 0.468 e. The van der Waals surface area contributed by atoms with Crippen LogP contribution >= 0.6 is 0 Å². The summed E-state index contributed by atoms with van der Waals surface area (Å²) in [6.45, 7) is 3.61. The Morgan fingerprint density at radius 3 is 2.78 bits per heavy atom. The summed E-state index contributed by atoms with van der Waals surface area (Å²) < 4.78 is 4.66. The lowest BCUT2D eigenvalue weighted by Crippen LogP contribution is -2.48. The van der Waals surface area contributed by atoms with Crippen LogP contribution in [0.1, 0.15) is 0 Å². The van der Waals surface area contributed by atoms with Gasteiger partial charge in [-0.25, -0.2) is 4.98 Å². The van der Waals surface area contributed by atoms with Crippen LogP contribution in [0.3, 0.4) is 0 Å². The van der Waals surface area contributed by atoms with Crippen molar-refractivity contribution in [3.05, 3.63) is 18.3 Å². The number of ether oxygens (including phenoxy) is 1. The van der Waals surface area contributed by atoms with Gasteiger partial charge in [0.1, 0.15) is 0 Å². The summed E-state index contributed by atoms with van der Waals surface area (Å²) in [6, 6.07) is 3.68. The van der Waals surface area contributed by atoms with Crippen LogP contribution in [0, 0.1) is 0 Å². The topological polar surface area (TPSA) is 71.7 Å². The van der Waals surface area contributed by atoms with Crippen LogP contribution in [-0.4, -0.2) is 55.7 Å². The summed E-state index contributed by atoms with van der Waals surface area (Å²) in [7, 11) is 1.41. The number of carbonyl (C=O) groups is 1. The number of nitrogen functional groups attached to an aromatic ring is 1. The molecule has 6 nitrogen and oxygen atoms in total. The molecule has 0 aliphatic carbocycles. The summed E-state index contributed by atoms with van der Waals surface area (Å²) in [5.41, 5.74) is 6.59. The van der Waals surface area contributed by atoms with E-state index in [2.05, 4.69) is 19.5 Å². The number of nitrogens with zero attached hydrogens (tertiary/aromatic N) is 3. The van der Waals surface area contributed by atoms with E-state index in [0.717, 1.165) is 32.0 Å². The van der Waals surface area contributed by atoms with Gasteiger partial charge in [0.2, 0.25) is 0 Å². The molecule has 1 aromatic heterocycles. The maximum atomic E-state index is 11.2. The second-order valence-corrected chi connectivity index (χ2v) is 4.26. The minimum Gasteiger partial charge on any atom is -0.468 e. The van der Waals surface area contributed by atoms with Gasteiger partial charge in [-0.15, -0.1) is 0 Å². The maximum absolute atomic E-state index is 11.2. The van der Waals surface area contributed by atoms with E-state index in [0.29, 0.717) is 12.2 Å². The molecule has 2 heterocycles. The minimum absolute atomic E-state index is 0.194. The van der Waals surface area contributed by atoms with Gasteiger partial charge in [-0.05, 0) is 12.1 Å². The molecule has 0 amide bonds. The number of pyridine rings is 1. The molecule has 1 aliphatic heterocycles. The van der Waals surface area contributed by atoms with Gasteiger partial charge in [0.15, 0.2) is 5.82 Å². The van der Waals surface area contributed by atoms with Crippen molar-refractivity contribution in [3.8, 4) is 0 Å². The number of piperazine rings is 1. The first-order valence-electron chi connectivity index (χ1n) is 5.95. The van der Waals surface area contributed by atoms with E-state index < -0.39 is 0 Å². The molecule has 0 aromatic carbocycles. The fourth-order valence-corrected chi connectivity index (χ4v) is 2.04. The molecule has 0 bridgehead atoms. The zero-order valence-corrected chi connectivity index (χ0v) is 10.5. The Morgan fingerprint density at radius 2 is 2.17 bits per heavy atom. The lowest BCUT2D eigenvalue weighted by molar-refractivity contribution is -0.142. The molecule has 1 fully saturated rings. The highest BCUT2D eigenvalue weighted by Gasteiger charge is 2.20. The number of aromatic nitrogens is 1. The monoisotopic (exact) mass is 250 g/mol. The third-order valence-corrected chi connectivity index (χ3v) is 3.07. The van der Waals surface area contributed by atoms with Gasteiger partial charge in [0, 0.05) is 32.4 Å². The highest BCUT2D eigenvalue weighted by molar-refractivity contribution is 5.71. The molecule has 0 spiro atoms. The maximum Gasteiger partial charge on any atom is 0.319 e. The quantitative estimate of drug-likeness (QED) is 0.759. The average molecular weight is 250 g/mol. The molecule has 2 N–H and O–H groups in total. The second kappa shape index (κ2) is 5.68. The first kappa shape index (κ1) is 12.6. The summed E-state index contributed by atoms with van der Waals surface area (Å²) in [5.74, 6) is 0.635. The zero-order chi connectivity index (χ0) is 13.0. The number of rotatable bonds is 3. The molecule has 98 valence electrons. The molecule has 2 rings (SSSR count). The summed E-state index contributed by atoms with van der Waals surface area (Å²) in [4.78, 5) is 19.7. The minimum atomic E-state index is -0.194. The van der Waals surface area contributed by atoms with Crippen LogP contribution < -0.4 is 10.6 Å². The Kier molecular flexibility index (Phi) is 3.99. The lowest BCUT2D eigenvalue weighted by atomic mass is 10.3. The summed E-state index contributed by atoms with van der Waals surface area (Å²) >= 11 is 0. The van der Waals surface area contributed by atoms with Crippen LogP contribution in [0.4, 0.5) is 11.5 Å². The Balaban J connectivity index is 1.91. The number of anilines is 2. The Hall–Kier alpha value is -1.82. The molecule has 0 saturated carbocycles. The standard InChI is InChI=1S/C12H18N4O2/c1-18-11(17)9-15-5-7-16(8-6-15)12-10(13)3-2-4-14-12/h2-4H,5-9,13H2,1H3. The van der Waals surface area contributed by atoms with Crippen molar-refractivity contribution in [2.75, 3.05) is 50.5 Å². The fraction of sp³-hybridized carbons (Fsp3) is 0.500. The van der Waals surface area contributed by atoms with Gasteiger partial charge >= 0.3 is 5.97 Å². The van der Waals surface area contributed by atoms with Gasteiger partial charge in [0.25, 0.3) is 0 Å². The molecular formula is C12H18N4O2. The van der Waals surface area contributed by atoms with Gasteiger partial charge in [0.05, 0.1) is 19.3 Å². The Morgan fingerprint density at radius 1 is 1.44 bits per heavy atom. The van der Waals surface area contributed by atoms with Crippen molar-refractivity contribution in [2.45, 2.75) is 0 Å². The smallest absolute Gasteiger partial charge is 0.319 e. The van der Waals surface area contributed by atoms with E-state index in [1.165, 1.54) is 7.11 Å². The predicted molar refractivity (Wildman–Crippen MR) is 69.3 cm³/mol. The average Bonchev–Trinajstić information content (AvgIpc) is 2.40. The van der Waals surface area contributed by atoms with Crippen LogP contribution in [0.2, 0.25) is 0 Å². The van der Waals surface area contributed by atoms with Gasteiger partial charge in [-0.2, -0.15) is 0 Å². The highest BCUT2D eigenvalue weighted by Crippen LogP contribution is 2.20. The molecule has 1 saturated heterocycles. The van der Waals surface area contributed by atoms with Gasteiger partial charge in [-0.3, -0.25) is 9.69 Å². The molecule has 0 unspecified atom stereocenters. The van der Waals surface area contributed by atoms with E-state index in [4.69, 9.17) is 5.73 Å². The third-order valence-electron chi connectivity index (χ3n) is 3.07. The van der Waals surface area contributed by atoms with Gasteiger partial charge in [-0.1, -0.05) is 0 Å². The number of esters is 1. The number of hydrogen-bond donors (Lipinski definition) is 1. The predicted octanol–water partition coefficient (Wildman–Crippen LogP) is -0.0412. The normalized spacial score (nSPS) is 16.6. The van der Waals surface area contributed by atoms with Crippen LogP contribution in [0.5, 0.6) is 0 Å². The second-order valence-electron chi connectivity index (χ2n) is 4.26. The molecule has 0 atom stereocenters. The van der Waals surface area contributed by atoms with E-state index in [1.807, 2.05) is 12.1 Å². The number of hydrogen-bond acceptors (Lipinski definition) is 6. The third kappa shape index (κ3) is 2.89. The van der Waals surface area contributed by atoms with E-state index >= 15 is 0 Å². The molecule has 1 aromatic rings. The number of carbonyl (C=O) groups excluding carboxylic acids is 1. The van der Waals surface area contributed by atoms with Crippen molar-refractivity contribution in [2.24, 2.45) is 0 Å². The van der Waals surface area contributed by atoms with Crippen molar-refractivity contribution >= 4 is 17.5 Å². The SMILES string of the molecule is COC(=O)CN1CCN(c2ncccc2N)CC1.